The van der Waals surface area contributed by atoms with Crippen LogP contribution in [0.15, 0.2) is 24.8 Å². The predicted molar refractivity (Wildman–Crippen MR) is 125 cm³/mol. The average molecular weight is 413 g/mol. The third kappa shape index (κ3) is 9.31. The molecule has 0 spiro atoms. The highest BCUT2D eigenvalue weighted by Gasteiger charge is 2.42. The Labute approximate surface area is 166 Å². The van der Waals surface area contributed by atoms with Gasteiger partial charge in [-0.1, -0.05) is 37.9 Å². The van der Waals surface area contributed by atoms with Crippen molar-refractivity contribution in [2.75, 3.05) is 13.2 Å². The Bertz CT molecular complexity index is 469. The van der Waals surface area contributed by atoms with Gasteiger partial charge in [0.15, 0.2) is 16.6 Å². The molecule has 1 aliphatic rings. The second kappa shape index (κ2) is 9.50. The van der Waals surface area contributed by atoms with Crippen LogP contribution in [0.1, 0.15) is 6.42 Å². The van der Waals surface area contributed by atoms with E-state index in [9.17, 15) is 0 Å². The molecule has 0 unspecified atom stereocenters. The van der Waals surface area contributed by atoms with E-state index in [4.69, 9.17) is 8.85 Å². The minimum Gasteiger partial charge on any atom is -0.417 e. The van der Waals surface area contributed by atoms with Crippen molar-refractivity contribution in [1.29, 1.82) is 0 Å². The summed E-state index contributed by atoms with van der Waals surface area (Å²) in [6.45, 7) is 26.9. The van der Waals surface area contributed by atoms with Gasteiger partial charge in [0.2, 0.25) is 0 Å². The van der Waals surface area contributed by atoms with Crippen LogP contribution < -0.4 is 0 Å². The molecule has 0 N–H and O–H groups in total. The minimum absolute atomic E-state index is 0.539. The molecule has 0 heterocycles. The van der Waals surface area contributed by atoms with Gasteiger partial charge in [0.25, 0.3) is 0 Å². The summed E-state index contributed by atoms with van der Waals surface area (Å²) in [7, 11) is -4.05. The van der Waals surface area contributed by atoms with Crippen LogP contribution in [0.3, 0.4) is 0 Å². The third-order valence-corrected chi connectivity index (χ3v) is 8.55. The Hall–Kier alpha value is 0.0506. The van der Waals surface area contributed by atoms with Gasteiger partial charge in [0, 0.05) is 21.3 Å². The monoisotopic (exact) mass is 412 g/mol. The maximum atomic E-state index is 6.38. The van der Waals surface area contributed by atoms with E-state index in [-0.39, 0.29) is 0 Å². The summed E-state index contributed by atoms with van der Waals surface area (Å²) in [5.74, 6) is 2.24. The molecule has 0 aromatic carbocycles. The second-order valence-corrected chi connectivity index (χ2v) is 25.7. The highest BCUT2D eigenvalue weighted by molar-refractivity contribution is 6.76. The van der Waals surface area contributed by atoms with E-state index in [2.05, 4.69) is 83.7 Å². The van der Waals surface area contributed by atoms with Crippen LogP contribution in [0.5, 0.6) is 0 Å². The Kier molecular flexibility index (Phi) is 8.80. The summed E-state index contributed by atoms with van der Waals surface area (Å²) < 4.78 is 12.7. The van der Waals surface area contributed by atoms with Gasteiger partial charge in [-0.25, -0.2) is 0 Å². The zero-order chi connectivity index (χ0) is 20.2. The third-order valence-electron chi connectivity index (χ3n) is 5.03. The van der Waals surface area contributed by atoms with Crippen molar-refractivity contribution in [1.82, 2.24) is 0 Å². The summed E-state index contributed by atoms with van der Waals surface area (Å²) in [5.41, 5.74) is 0. The molecule has 1 fully saturated rings. The first kappa shape index (κ1) is 24.1. The van der Waals surface area contributed by atoms with Crippen molar-refractivity contribution >= 4 is 24.7 Å². The van der Waals surface area contributed by atoms with Gasteiger partial charge in [0.1, 0.15) is 0 Å². The van der Waals surface area contributed by atoms with Crippen LogP contribution in [0.25, 0.3) is 0 Å². The van der Waals surface area contributed by atoms with E-state index in [0.29, 0.717) is 23.7 Å². The lowest BCUT2D eigenvalue weighted by Gasteiger charge is -2.30. The molecule has 1 aliphatic carbocycles. The smallest absolute Gasteiger partial charge is 0.183 e. The molecule has 5 heteroatoms. The van der Waals surface area contributed by atoms with Crippen molar-refractivity contribution in [3.05, 3.63) is 24.8 Å². The number of hydrogen-bond acceptors (Lipinski definition) is 2. The standard InChI is InChI=1S/C21H44O2Si3/c1-11-18-15-19(13-12-14-24(2,3)4)21(17-23-26(8,9)10)20(18)16-22-25(5,6)7/h11-13,18-21H,1,14-17H2,2-10H3/b13-12+/t18-,19+,20-,21+/m0/s1. The summed E-state index contributed by atoms with van der Waals surface area (Å²) in [6, 6.07) is 1.26. The van der Waals surface area contributed by atoms with Gasteiger partial charge < -0.3 is 8.85 Å². The Balaban J connectivity index is 2.93. The maximum absolute atomic E-state index is 6.38. The SMILES string of the molecule is C=C[C@H]1C[C@@H](/C=C/C[Si](C)(C)C)[C@@H](CO[Si](C)(C)C)[C@H]1CO[Si](C)(C)C. The highest BCUT2D eigenvalue weighted by Crippen LogP contribution is 2.44. The van der Waals surface area contributed by atoms with Crippen LogP contribution in [0.2, 0.25) is 65.0 Å². The van der Waals surface area contributed by atoms with Crippen molar-refractivity contribution in [3.63, 3.8) is 0 Å². The van der Waals surface area contributed by atoms with Gasteiger partial charge in [-0.05, 0) is 75.4 Å². The molecule has 1 rings (SSSR count). The van der Waals surface area contributed by atoms with E-state index in [1.165, 1.54) is 12.5 Å². The zero-order valence-electron chi connectivity index (χ0n) is 18.9. The van der Waals surface area contributed by atoms with Crippen LogP contribution in [0, 0.1) is 23.7 Å². The van der Waals surface area contributed by atoms with Crippen LogP contribution in [0.4, 0.5) is 0 Å². The van der Waals surface area contributed by atoms with Gasteiger partial charge in [0.05, 0.1) is 0 Å². The van der Waals surface area contributed by atoms with Crippen LogP contribution in [-0.2, 0) is 8.85 Å². The first-order valence-corrected chi connectivity index (χ1v) is 20.8. The molecule has 0 aromatic heterocycles. The van der Waals surface area contributed by atoms with Gasteiger partial charge >= 0.3 is 0 Å². The van der Waals surface area contributed by atoms with Gasteiger partial charge in [-0.3, -0.25) is 0 Å². The van der Waals surface area contributed by atoms with E-state index in [1.807, 2.05) is 0 Å². The minimum atomic E-state index is -1.51. The maximum Gasteiger partial charge on any atom is 0.183 e. The molecular formula is C21H44O2Si3. The lowest BCUT2D eigenvalue weighted by Crippen LogP contribution is -2.35. The molecule has 4 atom stereocenters. The van der Waals surface area contributed by atoms with E-state index >= 15 is 0 Å². The molecule has 0 saturated heterocycles. The largest absolute Gasteiger partial charge is 0.417 e. The Morgan fingerprint density at radius 2 is 1.27 bits per heavy atom. The number of hydrogen-bond donors (Lipinski definition) is 0. The van der Waals surface area contributed by atoms with E-state index in [0.717, 1.165) is 13.2 Å². The molecule has 0 amide bonds. The first-order valence-electron chi connectivity index (χ1n) is 10.3. The van der Waals surface area contributed by atoms with Crippen LogP contribution >= 0.6 is 0 Å². The lowest BCUT2D eigenvalue weighted by molar-refractivity contribution is 0.132. The van der Waals surface area contributed by atoms with Crippen LogP contribution in [-0.4, -0.2) is 37.9 Å². The van der Waals surface area contributed by atoms with E-state index in [1.54, 1.807) is 0 Å². The first-order chi connectivity index (χ1) is 11.7. The molecule has 152 valence electrons. The highest BCUT2D eigenvalue weighted by atomic mass is 28.4. The average Bonchev–Trinajstić information content (AvgIpc) is 2.77. The van der Waals surface area contributed by atoms with Gasteiger partial charge in [-0.2, -0.15) is 0 Å². The topological polar surface area (TPSA) is 18.5 Å². The van der Waals surface area contributed by atoms with Crippen molar-refractivity contribution in [3.8, 4) is 0 Å². The molecule has 2 nitrogen and oxygen atoms in total. The molecule has 1 saturated carbocycles. The normalized spacial score (nSPS) is 28.0. The van der Waals surface area contributed by atoms with Crippen molar-refractivity contribution < 1.29 is 8.85 Å². The second-order valence-electron chi connectivity index (χ2n) is 11.2. The fraction of sp³-hybridized carbons (Fsp3) is 0.810. The fourth-order valence-electron chi connectivity index (χ4n) is 3.57. The van der Waals surface area contributed by atoms with Gasteiger partial charge in [-0.15, -0.1) is 6.58 Å². The van der Waals surface area contributed by atoms with Crippen molar-refractivity contribution in [2.45, 2.75) is 71.4 Å². The summed E-state index contributed by atoms with van der Waals surface area (Å²) in [4.78, 5) is 0. The molecule has 0 aliphatic heterocycles. The Morgan fingerprint density at radius 3 is 1.65 bits per heavy atom. The molecule has 0 bridgehead atoms. The fourth-order valence-corrected chi connectivity index (χ4v) is 5.80. The molecule has 0 radical (unpaired) electrons. The molecule has 26 heavy (non-hydrogen) atoms. The predicted octanol–water partition coefficient (Wildman–Crippen LogP) is 6.64. The quantitative estimate of drug-likeness (QED) is 0.296. The summed E-state index contributed by atoms with van der Waals surface area (Å²) in [5, 5.41) is 0. The summed E-state index contributed by atoms with van der Waals surface area (Å²) in [6.07, 6.45) is 8.33. The Morgan fingerprint density at radius 1 is 0.808 bits per heavy atom. The molecule has 0 aromatic rings. The number of allylic oxidation sites excluding steroid dienone is 3. The zero-order valence-corrected chi connectivity index (χ0v) is 21.9. The van der Waals surface area contributed by atoms with Crippen molar-refractivity contribution in [2.24, 2.45) is 23.7 Å². The van der Waals surface area contributed by atoms with E-state index < -0.39 is 24.7 Å². The lowest BCUT2D eigenvalue weighted by atomic mass is 9.88. The number of rotatable bonds is 10. The molecular weight excluding hydrogens is 368 g/mol. The summed E-state index contributed by atoms with van der Waals surface area (Å²) >= 11 is 0.